The van der Waals surface area contributed by atoms with Gasteiger partial charge in [-0.2, -0.15) is 0 Å². The molecule has 0 bridgehead atoms. The molecule has 74 valence electrons. The third-order valence-corrected chi connectivity index (χ3v) is 1.97. The average Bonchev–Trinajstić information content (AvgIpc) is 2.16. The van der Waals surface area contributed by atoms with E-state index in [9.17, 15) is 9.90 Å². The molecular formula is C9H8ClNO3. The smallest absolute Gasteiger partial charge is 0.334 e. The van der Waals surface area contributed by atoms with E-state index in [1.165, 1.54) is 12.3 Å². The second-order valence-electron chi connectivity index (χ2n) is 2.60. The van der Waals surface area contributed by atoms with Crippen LogP contribution in [0.4, 0.5) is 0 Å². The number of carbonyl (C=O) groups is 1. The van der Waals surface area contributed by atoms with Crippen LogP contribution in [0, 0.1) is 0 Å². The van der Waals surface area contributed by atoms with Crippen LogP contribution in [0.3, 0.4) is 0 Å². The lowest BCUT2D eigenvalue weighted by atomic mass is 10.1. The van der Waals surface area contributed by atoms with E-state index in [1.807, 2.05) is 0 Å². The van der Waals surface area contributed by atoms with Gasteiger partial charge in [0.1, 0.15) is 6.10 Å². The molecule has 0 aliphatic heterocycles. The van der Waals surface area contributed by atoms with Gasteiger partial charge in [-0.1, -0.05) is 18.2 Å². The normalized spacial score (nSPS) is 12.1. The molecule has 0 fully saturated rings. The molecule has 1 rings (SSSR count). The Hall–Kier alpha value is -1.39. The van der Waals surface area contributed by atoms with Crippen LogP contribution >= 0.6 is 11.6 Å². The number of hydrogen-bond donors (Lipinski definition) is 2. The third-order valence-electron chi connectivity index (χ3n) is 1.65. The first-order valence-corrected chi connectivity index (χ1v) is 4.12. The lowest BCUT2D eigenvalue weighted by Gasteiger charge is -2.10. The Labute approximate surface area is 85.5 Å². The molecule has 0 aromatic carbocycles. The molecule has 1 aromatic rings. The van der Waals surface area contributed by atoms with Gasteiger partial charge in [0.15, 0.2) is 0 Å². The zero-order valence-corrected chi connectivity index (χ0v) is 7.90. The molecule has 0 saturated heterocycles. The van der Waals surface area contributed by atoms with E-state index in [2.05, 4.69) is 11.6 Å². The highest BCUT2D eigenvalue weighted by Gasteiger charge is 2.20. The summed E-state index contributed by atoms with van der Waals surface area (Å²) in [6.45, 7) is 3.22. The summed E-state index contributed by atoms with van der Waals surface area (Å²) in [4.78, 5) is 14.3. The number of pyridine rings is 1. The number of carboxylic acid groups (broad SMARTS) is 1. The summed E-state index contributed by atoms with van der Waals surface area (Å²) in [7, 11) is 0. The Kier molecular flexibility index (Phi) is 3.22. The predicted octanol–water partition coefficient (Wildman–Crippen LogP) is 1.41. The van der Waals surface area contributed by atoms with Crippen LogP contribution in [-0.4, -0.2) is 21.2 Å². The highest BCUT2D eigenvalue weighted by Crippen LogP contribution is 2.24. The molecule has 1 atom stereocenters. The van der Waals surface area contributed by atoms with Gasteiger partial charge in [-0.15, -0.1) is 0 Å². The van der Waals surface area contributed by atoms with Crippen molar-refractivity contribution in [3.63, 3.8) is 0 Å². The maximum absolute atomic E-state index is 10.5. The van der Waals surface area contributed by atoms with Gasteiger partial charge in [0.25, 0.3) is 0 Å². The molecule has 5 heteroatoms. The van der Waals surface area contributed by atoms with Crippen LogP contribution in [0.1, 0.15) is 11.8 Å². The van der Waals surface area contributed by atoms with Crippen molar-refractivity contribution in [3.8, 4) is 0 Å². The number of carboxylic acids is 1. The van der Waals surface area contributed by atoms with Gasteiger partial charge in [-0.05, 0) is 12.1 Å². The molecule has 0 saturated carbocycles. The van der Waals surface area contributed by atoms with E-state index in [0.29, 0.717) is 0 Å². The average molecular weight is 214 g/mol. The number of rotatable bonds is 3. The summed E-state index contributed by atoms with van der Waals surface area (Å²) in [5.41, 5.74) is -0.257. The summed E-state index contributed by atoms with van der Waals surface area (Å²) >= 11 is 5.71. The standard InChI is InChI=1S/C9H8ClNO3/c1-5(9(13)14)8(12)7-6(10)3-2-4-11-7/h2-4,8,12H,1H2,(H,13,14). The topological polar surface area (TPSA) is 70.4 Å². The van der Waals surface area contributed by atoms with Gasteiger partial charge in [-0.25, -0.2) is 4.79 Å². The number of halogens is 1. The fourth-order valence-electron chi connectivity index (χ4n) is 0.881. The molecular weight excluding hydrogens is 206 g/mol. The zero-order valence-electron chi connectivity index (χ0n) is 7.14. The number of nitrogens with zero attached hydrogens (tertiary/aromatic N) is 1. The fourth-order valence-corrected chi connectivity index (χ4v) is 1.11. The van der Waals surface area contributed by atoms with Crippen molar-refractivity contribution in [1.29, 1.82) is 0 Å². The van der Waals surface area contributed by atoms with Gasteiger partial charge in [0.2, 0.25) is 0 Å². The van der Waals surface area contributed by atoms with Gasteiger partial charge in [0, 0.05) is 6.20 Å². The fraction of sp³-hybridized carbons (Fsp3) is 0.111. The first-order valence-electron chi connectivity index (χ1n) is 3.74. The lowest BCUT2D eigenvalue weighted by Crippen LogP contribution is -2.11. The number of hydrogen-bond acceptors (Lipinski definition) is 3. The summed E-state index contributed by atoms with van der Waals surface area (Å²) < 4.78 is 0. The minimum atomic E-state index is -1.37. The van der Waals surface area contributed by atoms with Gasteiger partial charge < -0.3 is 10.2 Å². The first kappa shape index (κ1) is 10.7. The van der Waals surface area contributed by atoms with Crippen LogP contribution in [0.15, 0.2) is 30.5 Å². The first-order chi connectivity index (χ1) is 6.54. The van der Waals surface area contributed by atoms with E-state index in [0.717, 1.165) is 0 Å². The number of aromatic nitrogens is 1. The molecule has 0 aliphatic rings. The summed E-state index contributed by atoms with van der Waals surface area (Å²) in [5, 5.41) is 18.3. The van der Waals surface area contributed by atoms with Crippen LogP contribution in [0.25, 0.3) is 0 Å². The largest absolute Gasteiger partial charge is 0.478 e. The van der Waals surface area contributed by atoms with Gasteiger partial charge >= 0.3 is 5.97 Å². The molecule has 1 unspecified atom stereocenters. The van der Waals surface area contributed by atoms with Gasteiger partial charge in [-0.3, -0.25) is 4.98 Å². The number of aliphatic hydroxyl groups is 1. The highest BCUT2D eigenvalue weighted by molar-refractivity contribution is 6.31. The molecule has 2 N–H and O–H groups in total. The Balaban J connectivity index is 3.01. The van der Waals surface area contributed by atoms with Crippen LogP contribution in [0.5, 0.6) is 0 Å². The second kappa shape index (κ2) is 4.21. The van der Waals surface area contributed by atoms with E-state index in [-0.39, 0.29) is 16.3 Å². The monoisotopic (exact) mass is 213 g/mol. The van der Waals surface area contributed by atoms with Gasteiger partial charge in [0.05, 0.1) is 16.3 Å². The van der Waals surface area contributed by atoms with Crippen molar-refractivity contribution < 1.29 is 15.0 Å². The molecule has 0 radical (unpaired) electrons. The highest BCUT2D eigenvalue weighted by atomic mass is 35.5. The molecule has 0 aliphatic carbocycles. The second-order valence-corrected chi connectivity index (χ2v) is 3.01. The Morgan fingerprint density at radius 2 is 2.29 bits per heavy atom. The van der Waals surface area contributed by atoms with Crippen molar-refractivity contribution >= 4 is 17.6 Å². The SMILES string of the molecule is C=C(C(=O)O)C(O)c1ncccc1Cl. The van der Waals surface area contributed by atoms with Crippen molar-refractivity contribution in [2.45, 2.75) is 6.10 Å². The van der Waals surface area contributed by atoms with Crippen LogP contribution in [0.2, 0.25) is 5.02 Å². The van der Waals surface area contributed by atoms with Crippen LogP contribution < -0.4 is 0 Å². The Morgan fingerprint density at radius 1 is 1.64 bits per heavy atom. The summed E-state index contributed by atoms with van der Waals surface area (Å²) in [6, 6.07) is 3.10. The molecule has 0 amide bonds. The summed E-state index contributed by atoms with van der Waals surface area (Å²) in [6.07, 6.45) is 0.0423. The molecule has 4 nitrogen and oxygen atoms in total. The Morgan fingerprint density at radius 3 is 2.79 bits per heavy atom. The number of aliphatic hydroxyl groups excluding tert-OH is 1. The maximum Gasteiger partial charge on any atom is 0.334 e. The minimum absolute atomic E-state index is 0.0987. The van der Waals surface area contributed by atoms with Crippen molar-refractivity contribution in [3.05, 3.63) is 41.2 Å². The molecule has 0 spiro atoms. The quantitative estimate of drug-likeness (QED) is 0.745. The van der Waals surface area contributed by atoms with E-state index in [1.54, 1.807) is 6.07 Å². The zero-order chi connectivity index (χ0) is 10.7. The van der Waals surface area contributed by atoms with E-state index < -0.39 is 12.1 Å². The molecule has 1 aromatic heterocycles. The molecule has 1 heterocycles. The van der Waals surface area contributed by atoms with Crippen molar-refractivity contribution in [2.75, 3.05) is 0 Å². The van der Waals surface area contributed by atoms with Crippen LogP contribution in [-0.2, 0) is 4.79 Å². The predicted molar refractivity (Wildman–Crippen MR) is 51.0 cm³/mol. The molecule has 14 heavy (non-hydrogen) atoms. The van der Waals surface area contributed by atoms with E-state index in [4.69, 9.17) is 16.7 Å². The minimum Gasteiger partial charge on any atom is -0.478 e. The van der Waals surface area contributed by atoms with Crippen molar-refractivity contribution in [2.24, 2.45) is 0 Å². The number of aliphatic carboxylic acids is 1. The van der Waals surface area contributed by atoms with E-state index >= 15 is 0 Å². The third kappa shape index (κ3) is 2.10. The van der Waals surface area contributed by atoms with Crippen molar-refractivity contribution in [1.82, 2.24) is 4.98 Å². The Bertz CT molecular complexity index is 378. The summed E-state index contributed by atoms with van der Waals surface area (Å²) in [5.74, 6) is -1.28. The maximum atomic E-state index is 10.5. The lowest BCUT2D eigenvalue weighted by molar-refractivity contribution is -0.133.